The molecule has 0 saturated heterocycles. The van der Waals surface area contributed by atoms with Crippen LogP contribution in [0.5, 0.6) is 0 Å². The van der Waals surface area contributed by atoms with Crippen molar-refractivity contribution in [1.29, 1.82) is 0 Å². The van der Waals surface area contributed by atoms with Gasteiger partial charge in [-0.1, -0.05) is 17.7 Å². The van der Waals surface area contributed by atoms with Crippen LogP contribution in [0.2, 0.25) is 5.02 Å². The molecular weight excluding hydrogens is 248 g/mol. The Hall–Kier alpha value is -0.780. The minimum absolute atomic E-state index is 0.0740. The van der Waals surface area contributed by atoms with E-state index in [0.29, 0.717) is 10.7 Å². The van der Waals surface area contributed by atoms with Crippen molar-refractivity contribution in [3.63, 3.8) is 0 Å². The van der Waals surface area contributed by atoms with Crippen LogP contribution in [0.3, 0.4) is 0 Å². The predicted octanol–water partition coefficient (Wildman–Crippen LogP) is 1.37. The molecule has 16 heavy (non-hydrogen) atoms. The Kier molecular flexibility index (Phi) is 4.18. The van der Waals surface area contributed by atoms with E-state index in [1.807, 2.05) is 0 Å². The highest BCUT2D eigenvalue weighted by atomic mass is 35.5. The highest BCUT2D eigenvalue weighted by molar-refractivity contribution is 7.92. The summed E-state index contributed by atoms with van der Waals surface area (Å²) in [6, 6.07) is 5.16. The van der Waals surface area contributed by atoms with Gasteiger partial charge >= 0.3 is 0 Å². The number of halogens is 1. The lowest BCUT2D eigenvalue weighted by Crippen LogP contribution is -2.32. The van der Waals surface area contributed by atoms with Gasteiger partial charge in [0.2, 0.25) is 10.0 Å². The van der Waals surface area contributed by atoms with Crippen LogP contribution in [0.4, 0.5) is 5.69 Å². The number of anilines is 1. The Morgan fingerprint density at radius 3 is 2.62 bits per heavy atom. The number of nitrogens with zero attached hydrogens (tertiary/aromatic N) is 1. The van der Waals surface area contributed by atoms with Crippen LogP contribution in [0.1, 0.15) is 5.56 Å². The van der Waals surface area contributed by atoms with E-state index in [-0.39, 0.29) is 12.3 Å². The van der Waals surface area contributed by atoms with Crippen LogP contribution in [0.15, 0.2) is 18.2 Å². The minimum atomic E-state index is -3.35. The van der Waals surface area contributed by atoms with Gasteiger partial charge in [-0.15, -0.1) is 0 Å². The average molecular weight is 263 g/mol. The van der Waals surface area contributed by atoms with E-state index < -0.39 is 10.0 Å². The summed E-state index contributed by atoms with van der Waals surface area (Å²) in [4.78, 5) is 0. The second-order valence-corrected chi connectivity index (χ2v) is 5.98. The van der Waals surface area contributed by atoms with Crippen LogP contribution in [0.25, 0.3) is 0 Å². The Bertz CT molecular complexity index is 474. The lowest BCUT2D eigenvalue weighted by Gasteiger charge is -2.21. The maximum absolute atomic E-state index is 11.8. The molecule has 0 bridgehead atoms. The molecule has 0 aromatic heterocycles. The molecule has 0 unspecified atom stereocenters. The van der Waals surface area contributed by atoms with Gasteiger partial charge in [-0.2, -0.15) is 0 Å². The molecule has 2 N–H and O–H groups in total. The second kappa shape index (κ2) is 5.03. The van der Waals surface area contributed by atoms with Crippen LogP contribution in [-0.2, 0) is 10.0 Å². The fraction of sp³-hybridized carbons (Fsp3) is 0.400. The topological polar surface area (TPSA) is 63.4 Å². The molecule has 0 atom stereocenters. The smallest absolute Gasteiger partial charge is 0.236 e. The molecule has 4 nitrogen and oxygen atoms in total. The fourth-order valence-electron chi connectivity index (χ4n) is 1.37. The Balaban J connectivity index is 3.15. The van der Waals surface area contributed by atoms with Crippen molar-refractivity contribution >= 4 is 27.3 Å². The molecule has 1 rings (SSSR count). The van der Waals surface area contributed by atoms with Crippen LogP contribution in [-0.4, -0.2) is 27.8 Å². The van der Waals surface area contributed by atoms with Gasteiger partial charge in [0, 0.05) is 18.6 Å². The molecule has 0 radical (unpaired) electrons. The highest BCUT2D eigenvalue weighted by Crippen LogP contribution is 2.27. The van der Waals surface area contributed by atoms with Gasteiger partial charge in [-0.05, 0) is 24.6 Å². The Morgan fingerprint density at radius 1 is 1.44 bits per heavy atom. The molecule has 0 spiro atoms. The number of sulfonamides is 1. The quantitative estimate of drug-likeness (QED) is 0.892. The summed E-state index contributed by atoms with van der Waals surface area (Å²) in [5.74, 6) is -0.0740. The van der Waals surface area contributed by atoms with Gasteiger partial charge in [-0.25, -0.2) is 8.42 Å². The van der Waals surface area contributed by atoms with E-state index in [1.54, 1.807) is 25.1 Å². The SMILES string of the molecule is Cc1c(Cl)cccc1N(C)S(=O)(=O)CCN. The maximum atomic E-state index is 11.8. The number of nitrogens with two attached hydrogens (primary N) is 1. The van der Waals surface area contributed by atoms with Crippen molar-refractivity contribution in [2.24, 2.45) is 5.73 Å². The standard InChI is InChI=1S/C10H15ClN2O2S/c1-8-9(11)4-3-5-10(8)13(2)16(14,15)7-6-12/h3-5H,6-7,12H2,1-2H3. The molecule has 0 aliphatic heterocycles. The first kappa shape index (κ1) is 13.3. The van der Waals surface area contributed by atoms with Crippen LogP contribution < -0.4 is 10.0 Å². The monoisotopic (exact) mass is 262 g/mol. The molecule has 90 valence electrons. The summed E-state index contributed by atoms with van der Waals surface area (Å²) in [5.41, 5.74) is 6.59. The third-order valence-electron chi connectivity index (χ3n) is 2.37. The summed E-state index contributed by atoms with van der Waals surface area (Å²) in [7, 11) is -1.85. The second-order valence-electron chi connectivity index (χ2n) is 3.46. The van der Waals surface area contributed by atoms with Gasteiger partial charge in [0.15, 0.2) is 0 Å². The van der Waals surface area contributed by atoms with E-state index in [0.717, 1.165) is 5.56 Å². The van der Waals surface area contributed by atoms with Crippen molar-refractivity contribution in [1.82, 2.24) is 0 Å². The maximum Gasteiger partial charge on any atom is 0.236 e. The number of benzene rings is 1. The summed E-state index contributed by atoms with van der Waals surface area (Å²) >= 11 is 5.94. The normalized spacial score (nSPS) is 11.5. The number of rotatable bonds is 4. The summed E-state index contributed by atoms with van der Waals surface area (Å²) in [6.07, 6.45) is 0. The third-order valence-corrected chi connectivity index (χ3v) is 4.56. The first-order chi connectivity index (χ1) is 7.40. The first-order valence-electron chi connectivity index (χ1n) is 4.82. The zero-order valence-electron chi connectivity index (χ0n) is 9.27. The number of hydrogen-bond donors (Lipinski definition) is 1. The predicted molar refractivity (Wildman–Crippen MR) is 67.4 cm³/mol. The molecule has 0 amide bonds. The third kappa shape index (κ3) is 2.66. The highest BCUT2D eigenvalue weighted by Gasteiger charge is 2.19. The van der Waals surface area contributed by atoms with E-state index in [9.17, 15) is 8.42 Å². The lowest BCUT2D eigenvalue weighted by atomic mass is 10.2. The lowest BCUT2D eigenvalue weighted by molar-refractivity contribution is 0.594. The molecule has 0 saturated carbocycles. The van der Waals surface area contributed by atoms with E-state index in [4.69, 9.17) is 17.3 Å². The fourth-order valence-corrected chi connectivity index (χ4v) is 2.61. The van der Waals surface area contributed by atoms with Crippen molar-refractivity contribution < 1.29 is 8.42 Å². The molecule has 0 aliphatic carbocycles. The summed E-state index contributed by atoms with van der Waals surface area (Å²) in [6.45, 7) is 1.89. The van der Waals surface area contributed by atoms with Gasteiger partial charge in [0.05, 0.1) is 11.4 Å². The number of hydrogen-bond acceptors (Lipinski definition) is 3. The van der Waals surface area contributed by atoms with Crippen molar-refractivity contribution in [2.45, 2.75) is 6.92 Å². The molecular formula is C10H15ClN2O2S. The van der Waals surface area contributed by atoms with Crippen LogP contribution >= 0.6 is 11.6 Å². The van der Waals surface area contributed by atoms with E-state index in [2.05, 4.69) is 0 Å². The van der Waals surface area contributed by atoms with Gasteiger partial charge in [-0.3, -0.25) is 4.31 Å². The zero-order chi connectivity index (χ0) is 12.3. The first-order valence-corrected chi connectivity index (χ1v) is 6.80. The van der Waals surface area contributed by atoms with Gasteiger partial charge < -0.3 is 5.73 Å². The van der Waals surface area contributed by atoms with Crippen LogP contribution in [0, 0.1) is 6.92 Å². The van der Waals surface area contributed by atoms with E-state index in [1.165, 1.54) is 11.4 Å². The summed E-state index contributed by atoms with van der Waals surface area (Å²) in [5, 5.41) is 0.548. The molecule has 1 aromatic carbocycles. The van der Waals surface area contributed by atoms with Crippen molar-refractivity contribution in [3.05, 3.63) is 28.8 Å². The Labute approximate surface area is 101 Å². The van der Waals surface area contributed by atoms with E-state index >= 15 is 0 Å². The van der Waals surface area contributed by atoms with Crippen molar-refractivity contribution in [3.8, 4) is 0 Å². The van der Waals surface area contributed by atoms with Gasteiger partial charge in [0.25, 0.3) is 0 Å². The zero-order valence-corrected chi connectivity index (χ0v) is 10.8. The van der Waals surface area contributed by atoms with Gasteiger partial charge in [0.1, 0.15) is 0 Å². The largest absolute Gasteiger partial charge is 0.329 e. The average Bonchev–Trinajstić information content (AvgIpc) is 2.21. The molecule has 6 heteroatoms. The minimum Gasteiger partial charge on any atom is -0.329 e. The molecule has 0 heterocycles. The molecule has 0 fully saturated rings. The summed E-state index contributed by atoms with van der Waals surface area (Å²) < 4.78 is 24.8. The molecule has 1 aromatic rings. The van der Waals surface area contributed by atoms with Crippen molar-refractivity contribution in [2.75, 3.05) is 23.7 Å². The Morgan fingerprint density at radius 2 is 2.06 bits per heavy atom. The molecule has 0 aliphatic rings.